The number of aromatic nitrogens is 2. The van der Waals surface area contributed by atoms with E-state index >= 15 is 0 Å². The fraction of sp³-hybridized carbons (Fsp3) is 0.833. The zero-order valence-corrected chi connectivity index (χ0v) is 9.98. The molecule has 0 radical (unpaired) electrons. The van der Waals surface area contributed by atoms with Crippen molar-refractivity contribution >= 4 is 5.95 Å². The van der Waals surface area contributed by atoms with Crippen LogP contribution in [0.5, 0.6) is 0 Å². The van der Waals surface area contributed by atoms with Gasteiger partial charge in [0, 0.05) is 5.92 Å². The van der Waals surface area contributed by atoms with Crippen molar-refractivity contribution in [2.75, 3.05) is 5.73 Å². The van der Waals surface area contributed by atoms with Crippen LogP contribution in [0, 0.1) is 5.92 Å². The third-order valence-corrected chi connectivity index (χ3v) is 3.62. The second kappa shape index (κ2) is 5.32. The molecule has 1 fully saturated rings. The Labute approximate surface area is 96.6 Å². The Kier molecular flexibility index (Phi) is 3.80. The number of hydrogen-bond acceptors (Lipinski definition) is 4. The normalized spacial score (nSPS) is 25.8. The summed E-state index contributed by atoms with van der Waals surface area (Å²) < 4.78 is 5.13. The van der Waals surface area contributed by atoms with Gasteiger partial charge in [0.25, 0.3) is 5.95 Å². The molecule has 16 heavy (non-hydrogen) atoms. The molecule has 1 aromatic heterocycles. The van der Waals surface area contributed by atoms with Gasteiger partial charge in [-0.05, 0) is 36.8 Å². The number of anilines is 1. The van der Waals surface area contributed by atoms with Crippen LogP contribution in [0.4, 0.5) is 5.95 Å². The van der Waals surface area contributed by atoms with Gasteiger partial charge in [-0.15, -0.1) is 0 Å². The molecule has 1 aliphatic rings. The molecule has 0 saturated heterocycles. The van der Waals surface area contributed by atoms with Crippen molar-refractivity contribution in [1.82, 2.24) is 10.1 Å². The van der Waals surface area contributed by atoms with E-state index in [1.807, 2.05) is 0 Å². The third-order valence-electron chi connectivity index (χ3n) is 3.62. The molecule has 0 aliphatic heterocycles. The lowest BCUT2D eigenvalue weighted by molar-refractivity contribution is 0.260. The summed E-state index contributed by atoms with van der Waals surface area (Å²) in [5.74, 6) is 2.37. The van der Waals surface area contributed by atoms with Crippen molar-refractivity contribution in [3.05, 3.63) is 5.89 Å². The SMILES string of the molecule is CCCCC1CCC(c2nc(N)no2)CC1. The molecular weight excluding hydrogens is 202 g/mol. The molecule has 0 aromatic carbocycles. The van der Waals surface area contributed by atoms with Gasteiger partial charge in [-0.1, -0.05) is 26.2 Å². The zero-order valence-electron chi connectivity index (χ0n) is 9.98. The summed E-state index contributed by atoms with van der Waals surface area (Å²) in [7, 11) is 0. The van der Waals surface area contributed by atoms with Gasteiger partial charge in [0.05, 0.1) is 0 Å². The molecule has 4 nitrogen and oxygen atoms in total. The van der Waals surface area contributed by atoms with Gasteiger partial charge in [-0.25, -0.2) is 0 Å². The highest BCUT2D eigenvalue weighted by atomic mass is 16.5. The van der Waals surface area contributed by atoms with Gasteiger partial charge in [0.2, 0.25) is 5.89 Å². The van der Waals surface area contributed by atoms with Crippen molar-refractivity contribution in [3.63, 3.8) is 0 Å². The molecule has 0 amide bonds. The lowest BCUT2D eigenvalue weighted by Crippen LogP contribution is -2.13. The van der Waals surface area contributed by atoms with Crippen LogP contribution in [-0.4, -0.2) is 10.1 Å². The van der Waals surface area contributed by atoms with Gasteiger partial charge in [0.15, 0.2) is 0 Å². The number of nitrogen functional groups attached to an aromatic ring is 1. The summed E-state index contributed by atoms with van der Waals surface area (Å²) in [4.78, 5) is 4.12. The molecule has 1 heterocycles. The largest absolute Gasteiger partial charge is 0.365 e. The second-order valence-electron chi connectivity index (χ2n) is 4.85. The quantitative estimate of drug-likeness (QED) is 0.851. The first-order valence-corrected chi connectivity index (χ1v) is 6.38. The average molecular weight is 223 g/mol. The maximum atomic E-state index is 5.46. The van der Waals surface area contributed by atoms with Crippen molar-refractivity contribution in [2.24, 2.45) is 5.92 Å². The first-order chi connectivity index (χ1) is 7.79. The summed E-state index contributed by atoms with van der Waals surface area (Å²) >= 11 is 0. The summed E-state index contributed by atoms with van der Waals surface area (Å²) in [6.45, 7) is 2.26. The van der Waals surface area contributed by atoms with Crippen LogP contribution in [0.25, 0.3) is 0 Å². The van der Waals surface area contributed by atoms with Crippen LogP contribution >= 0.6 is 0 Å². The number of nitrogens with two attached hydrogens (primary N) is 1. The lowest BCUT2D eigenvalue weighted by Gasteiger charge is -2.26. The van der Waals surface area contributed by atoms with Gasteiger partial charge in [0.1, 0.15) is 0 Å². The summed E-state index contributed by atoms with van der Waals surface area (Å²) in [5.41, 5.74) is 5.46. The van der Waals surface area contributed by atoms with Crippen molar-refractivity contribution in [1.29, 1.82) is 0 Å². The van der Waals surface area contributed by atoms with Gasteiger partial charge < -0.3 is 10.3 Å². The summed E-state index contributed by atoms with van der Waals surface area (Å²) in [6, 6.07) is 0. The Bertz CT molecular complexity index is 316. The Balaban J connectivity index is 1.81. The van der Waals surface area contributed by atoms with Crippen LogP contribution in [0.15, 0.2) is 4.52 Å². The molecule has 2 rings (SSSR count). The summed E-state index contributed by atoms with van der Waals surface area (Å²) in [5, 5.41) is 3.65. The average Bonchev–Trinajstić information content (AvgIpc) is 2.74. The smallest absolute Gasteiger partial charge is 0.260 e. The first-order valence-electron chi connectivity index (χ1n) is 6.38. The first kappa shape index (κ1) is 11.4. The fourth-order valence-electron chi connectivity index (χ4n) is 2.60. The highest BCUT2D eigenvalue weighted by molar-refractivity contribution is 5.12. The van der Waals surface area contributed by atoms with E-state index in [1.54, 1.807) is 0 Å². The molecule has 0 spiro atoms. The molecule has 2 N–H and O–H groups in total. The molecule has 90 valence electrons. The predicted octanol–water partition coefficient (Wildman–Crippen LogP) is 3.12. The van der Waals surface area contributed by atoms with E-state index in [0.29, 0.717) is 5.92 Å². The van der Waals surface area contributed by atoms with Crippen molar-refractivity contribution < 1.29 is 4.52 Å². The Hall–Kier alpha value is -1.06. The van der Waals surface area contributed by atoms with Gasteiger partial charge >= 0.3 is 0 Å². The molecule has 0 atom stereocenters. The van der Waals surface area contributed by atoms with Gasteiger partial charge in [-0.2, -0.15) is 4.98 Å². The minimum atomic E-state index is 0.267. The molecule has 4 heteroatoms. The Morgan fingerprint density at radius 3 is 2.62 bits per heavy atom. The number of unbranched alkanes of at least 4 members (excludes halogenated alkanes) is 1. The molecule has 1 saturated carbocycles. The van der Waals surface area contributed by atoms with Gasteiger partial charge in [-0.3, -0.25) is 0 Å². The summed E-state index contributed by atoms with van der Waals surface area (Å²) in [6.07, 6.45) is 9.00. The monoisotopic (exact) mass is 223 g/mol. The van der Waals surface area contributed by atoms with E-state index in [-0.39, 0.29) is 5.95 Å². The van der Waals surface area contributed by atoms with E-state index in [9.17, 15) is 0 Å². The number of nitrogens with zero attached hydrogens (tertiary/aromatic N) is 2. The predicted molar refractivity (Wildman–Crippen MR) is 62.9 cm³/mol. The van der Waals surface area contributed by atoms with E-state index in [4.69, 9.17) is 10.3 Å². The third kappa shape index (κ3) is 2.74. The topological polar surface area (TPSA) is 64.9 Å². The van der Waals surface area contributed by atoms with Crippen molar-refractivity contribution in [2.45, 2.75) is 57.8 Å². The maximum Gasteiger partial charge on any atom is 0.260 e. The lowest BCUT2D eigenvalue weighted by atomic mass is 9.80. The highest BCUT2D eigenvalue weighted by Gasteiger charge is 2.25. The molecule has 1 aliphatic carbocycles. The Morgan fingerprint density at radius 2 is 2.06 bits per heavy atom. The van der Waals surface area contributed by atoms with Crippen molar-refractivity contribution in [3.8, 4) is 0 Å². The fourth-order valence-corrected chi connectivity index (χ4v) is 2.60. The number of rotatable bonds is 4. The molecule has 0 bridgehead atoms. The maximum absolute atomic E-state index is 5.46. The Morgan fingerprint density at radius 1 is 1.31 bits per heavy atom. The van der Waals surface area contributed by atoms with E-state index in [2.05, 4.69) is 17.1 Å². The van der Waals surface area contributed by atoms with Crippen LogP contribution in [0.1, 0.15) is 63.7 Å². The van der Waals surface area contributed by atoms with Crippen LogP contribution in [-0.2, 0) is 0 Å². The van der Waals surface area contributed by atoms with Crippen LogP contribution < -0.4 is 5.73 Å². The minimum Gasteiger partial charge on any atom is -0.365 e. The zero-order chi connectivity index (χ0) is 11.4. The van der Waals surface area contributed by atoms with Crippen LogP contribution in [0.2, 0.25) is 0 Å². The van der Waals surface area contributed by atoms with E-state index in [0.717, 1.165) is 11.8 Å². The molecular formula is C12H21N3O. The van der Waals surface area contributed by atoms with E-state index < -0.39 is 0 Å². The highest BCUT2D eigenvalue weighted by Crippen LogP contribution is 2.36. The second-order valence-corrected chi connectivity index (χ2v) is 4.85. The standard InChI is InChI=1S/C12H21N3O/c1-2-3-4-9-5-7-10(8-6-9)11-14-12(13)15-16-11/h9-10H,2-8H2,1H3,(H2,13,15). The molecule has 1 aromatic rings. The van der Waals surface area contributed by atoms with Crippen LogP contribution in [0.3, 0.4) is 0 Å². The molecule has 0 unspecified atom stereocenters. The van der Waals surface area contributed by atoms with E-state index in [1.165, 1.54) is 44.9 Å². The minimum absolute atomic E-state index is 0.267. The number of hydrogen-bond donors (Lipinski definition) is 1.